The molecule has 0 bridgehead atoms. The zero-order valence-corrected chi connectivity index (χ0v) is 15.1. The van der Waals surface area contributed by atoms with Crippen LogP contribution < -0.4 is 4.90 Å². The number of hydrogen-bond donors (Lipinski definition) is 0. The lowest BCUT2D eigenvalue weighted by Gasteiger charge is -2.35. The summed E-state index contributed by atoms with van der Waals surface area (Å²) < 4.78 is 38.5. The molecule has 1 saturated heterocycles. The molecule has 3 rings (SSSR count). The largest absolute Gasteiger partial charge is 0.416 e. The van der Waals surface area contributed by atoms with Crippen LogP contribution in [0.5, 0.6) is 0 Å². The van der Waals surface area contributed by atoms with Crippen molar-refractivity contribution in [3.05, 3.63) is 73.8 Å². The van der Waals surface area contributed by atoms with E-state index in [0.29, 0.717) is 44.0 Å². The minimum absolute atomic E-state index is 0.291. The Kier molecular flexibility index (Phi) is 5.69. The van der Waals surface area contributed by atoms with Crippen molar-refractivity contribution in [2.24, 2.45) is 0 Å². The van der Waals surface area contributed by atoms with Gasteiger partial charge in [0.1, 0.15) is 5.69 Å². The van der Waals surface area contributed by atoms with Gasteiger partial charge in [0.05, 0.1) is 21.5 Å². The fraction of sp³-hybridized carbons (Fsp3) is 0.333. The molecule has 1 heterocycles. The summed E-state index contributed by atoms with van der Waals surface area (Å²) in [5.74, 6) is 0. The molecule has 8 nitrogen and oxygen atoms in total. The number of rotatable bonds is 5. The lowest BCUT2D eigenvalue weighted by atomic mass is 10.1. The Morgan fingerprint density at radius 2 is 1.62 bits per heavy atom. The van der Waals surface area contributed by atoms with Crippen molar-refractivity contribution in [2.45, 2.75) is 12.7 Å². The summed E-state index contributed by atoms with van der Waals surface area (Å²) in [6.45, 7) is 2.14. The van der Waals surface area contributed by atoms with E-state index >= 15 is 0 Å². The van der Waals surface area contributed by atoms with Gasteiger partial charge in [0.25, 0.3) is 11.4 Å². The Labute approximate surface area is 163 Å². The number of nitro groups is 2. The Hall–Kier alpha value is -3.21. The quantitative estimate of drug-likeness (QED) is 0.549. The normalized spacial score (nSPS) is 15.3. The highest BCUT2D eigenvalue weighted by molar-refractivity contribution is 5.67. The van der Waals surface area contributed by atoms with Crippen molar-refractivity contribution in [3.8, 4) is 0 Å². The van der Waals surface area contributed by atoms with Crippen LogP contribution in [-0.2, 0) is 12.7 Å². The molecule has 2 aromatic rings. The molecule has 11 heteroatoms. The number of benzene rings is 2. The van der Waals surface area contributed by atoms with Crippen LogP contribution in [-0.4, -0.2) is 40.9 Å². The lowest BCUT2D eigenvalue weighted by molar-refractivity contribution is -0.393. The second kappa shape index (κ2) is 8.03. The zero-order chi connectivity index (χ0) is 21.2. The highest BCUT2D eigenvalue weighted by atomic mass is 19.4. The summed E-state index contributed by atoms with van der Waals surface area (Å²) in [6.07, 6.45) is -4.40. The van der Waals surface area contributed by atoms with E-state index in [9.17, 15) is 33.4 Å². The summed E-state index contributed by atoms with van der Waals surface area (Å²) >= 11 is 0. The van der Waals surface area contributed by atoms with Gasteiger partial charge < -0.3 is 4.90 Å². The molecule has 0 unspecified atom stereocenters. The van der Waals surface area contributed by atoms with E-state index in [1.165, 1.54) is 18.2 Å². The van der Waals surface area contributed by atoms with Crippen molar-refractivity contribution in [2.75, 3.05) is 31.1 Å². The van der Waals surface area contributed by atoms with Crippen LogP contribution in [0.4, 0.5) is 30.2 Å². The van der Waals surface area contributed by atoms with Crippen LogP contribution >= 0.6 is 0 Å². The molecule has 0 aliphatic carbocycles. The molecule has 1 aliphatic heterocycles. The second-order valence-corrected chi connectivity index (χ2v) is 6.65. The molecule has 0 spiro atoms. The summed E-state index contributed by atoms with van der Waals surface area (Å²) in [6, 6.07) is 8.65. The number of hydrogen-bond acceptors (Lipinski definition) is 6. The van der Waals surface area contributed by atoms with Gasteiger partial charge in [0.15, 0.2) is 0 Å². The van der Waals surface area contributed by atoms with E-state index in [0.717, 1.165) is 18.2 Å². The standard InChI is InChI=1S/C18H17F3N4O4/c19-18(20,21)14-3-1-2-13(10-14)12-22-6-8-23(9-7-22)16-5-4-15(24(26)27)11-17(16)25(28)29/h1-5,10-11H,6-9,12H2. The summed E-state index contributed by atoms with van der Waals surface area (Å²) in [7, 11) is 0. The SMILES string of the molecule is O=[N+]([O-])c1ccc(N2CCN(Cc3cccc(C(F)(F)F)c3)CC2)c([N+](=O)[O-])c1. The van der Waals surface area contributed by atoms with Crippen molar-refractivity contribution < 1.29 is 23.0 Å². The van der Waals surface area contributed by atoms with Crippen LogP contribution in [0.15, 0.2) is 42.5 Å². The first kappa shape index (κ1) is 20.5. The smallest absolute Gasteiger partial charge is 0.363 e. The van der Waals surface area contributed by atoms with Crippen LogP contribution in [0.25, 0.3) is 0 Å². The molecule has 2 aromatic carbocycles. The molecule has 1 fully saturated rings. The Morgan fingerprint density at radius 1 is 0.931 bits per heavy atom. The number of piperazine rings is 1. The maximum Gasteiger partial charge on any atom is 0.416 e. The number of anilines is 1. The van der Waals surface area contributed by atoms with E-state index < -0.39 is 21.6 Å². The predicted molar refractivity (Wildman–Crippen MR) is 98.7 cm³/mol. The number of nitrogens with zero attached hydrogens (tertiary/aromatic N) is 4. The lowest BCUT2D eigenvalue weighted by Crippen LogP contribution is -2.46. The van der Waals surface area contributed by atoms with Crippen LogP contribution in [0.1, 0.15) is 11.1 Å². The Balaban J connectivity index is 1.68. The van der Waals surface area contributed by atoms with Crippen LogP contribution in [0.2, 0.25) is 0 Å². The third-order valence-electron chi connectivity index (χ3n) is 4.74. The van der Waals surface area contributed by atoms with E-state index in [1.54, 1.807) is 11.0 Å². The number of alkyl halides is 3. The van der Waals surface area contributed by atoms with Gasteiger partial charge in [-0.2, -0.15) is 13.2 Å². The molecule has 0 atom stereocenters. The van der Waals surface area contributed by atoms with Gasteiger partial charge in [0, 0.05) is 38.8 Å². The van der Waals surface area contributed by atoms with Crippen molar-refractivity contribution in [1.29, 1.82) is 0 Å². The molecule has 0 saturated carbocycles. The van der Waals surface area contributed by atoms with Gasteiger partial charge in [-0.25, -0.2) is 0 Å². The molecule has 154 valence electrons. The average molecular weight is 410 g/mol. The highest BCUT2D eigenvalue weighted by Crippen LogP contribution is 2.33. The summed E-state index contributed by atoms with van der Waals surface area (Å²) in [5.41, 5.74) is -0.571. The fourth-order valence-electron chi connectivity index (χ4n) is 3.29. The van der Waals surface area contributed by atoms with Gasteiger partial charge in [0.2, 0.25) is 0 Å². The fourth-order valence-corrected chi connectivity index (χ4v) is 3.29. The minimum atomic E-state index is -4.40. The monoisotopic (exact) mass is 410 g/mol. The Morgan fingerprint density at radius 3 is 2.21 bits per heavy atom. The van der Waals surface area contributed by atoms with Crippen molar-refractivity contribution in [3.63, 3.8) is 0 Å². The zero-order valence-electron chi connectivity index (χ0n) is 15.1. The molecule has 1 aliphatic rings. The van der Waals surface area contributed by atoms with Gasteiger partial charge >= 0.3 is 6.18 Å². The summed E-state index contributed by atoms with van der Waals surface area (Å²) in [4.78, 5) is 24.5. The Bertz CT molecular complexity index is 928. The molecule has 0 aromatic heterocycles. The van der Waals surface area contributed by atoms with Crippen molar-refractivity contribution in [1.82, 2.24) is 4.90 Å². The molecular weight excluding hydrogens is 393 g/mol. The third-order valence-corrected chi connectivity index (χ3v) is 4.74. The van der Waals surface area contributed by atoms with E-state index in [1.807, 2.05) is 4.90 Å². The van der Waals surface area contributed by atoms with Gasteiger partial charge in [-0.3, -0.25) is 25.1 Å². The molecule has 0 amide bonds. The first-order chi connectivity index (χ1) is 13.6. The molecule has 0 radical (unpaired) electrons. The summed E-state index contributed by atoms with van der Waals surface area (Å²) in [5, 5.41) is 22.2. The van der Waals surface area contributed by atoms with E-state index in [2.05, 4.69) is 0 Å². The number of halogens is 3. The van der Waals surface area contributed by atoms with Gasteiger partial charge in [-0.05, 0) is 17.7 Å². The minimum Gasteiger partial charge on any atom is -0.363 e. The predicted octanol–water partition coefficient (Wildman–Crippen LogP) is 3.84. The molecule has 29 heavy (non-hydrogen) atoms. The van der Waals surface area contributed by atoms with E-state index in [-0.39, 0.29) is 11.4 Å². The maximum atomic E-state index is 12.8. The highest BCUT2D eigenvalue weighted by Gasteiger charge is 2.31. The molecule has 0 N–H and O–H groups in total. The first-order valence-electron chi connectivity index (χ1n) is 8.71. The van der Waals surface area contributed by atoms with Crippen molar-refractivity contribution >= 4 is 17.1 Å². The average Bonchev–Trinajstić information content (AvgIpc) is 2.67. The van der Waals surface area contributed by atoms with Crippen LogP contribution in [0.3, 0.4) is 0 Å². The van der Waals surface area contributed by atoms with Gasteiger partial charge in [-0.1, -0.05) is 18.2 Å². The first-order valence-corrected chi connectivity index (χ1v) is 8.71. The topological polar surface area (TPSA) is 92.8 Å². The van der Waals surface area contributed by atoms with Crippen LogP contribution in [0, 0.1) is 20.2 Å². The maximum absolute atomic E-state index is 12.8. The van der Waals surface area contributed by atoms with Gasteiger partial charge in [-0.15, -0.1) is 0 Å². The number of non-ortho nitro benzene ring substituents is 1. The number of nitro benzene ring substituents is 2. The third kappa shape index (κ3) is 4.80. The van der Waals surface area contributed by atoms with E-state index in [4.69, 9.17) is 0 Å². The second-order valence-electron chi connectivity index (χ2n) is 6.65. The molecular formula is C18H17F3N4O4.